The lowest BCUT2D eigenvalue weighted by molar-refractivity contribution is -0.147. The Hall–Kier alpha value is -7.44. The van der Waals surface area contributed by atoms with E-state index in [1.807, 2.05) is 90.9 Å². The molecule has 0 aromatic heterocycles. The first kappa shape index (κ1) is 60.7. The maximum absolute atomic E-state index is 15.0. The van der Waals surface area contributed by atoms with Crippen LogP contribution in [0.15, 0.2) is 91.0 Å². The average molecular weight is 1120 g/mol. The molecular weight excluding hydrogens is 1040 g/mol. The highest BCUT2D eigenvalue weighted by Gasteiger charge is 2.47. The molecule has 82 heavy (non-hydrogen) atoms. The van der Waals surface area contributed by atoms with Crippen LogP contribution in [0.4, 0.5) is 5.69 Å². The highest BCUT2D eigenvalue weighted by atomic mass is 16.2. The molecule has 0 unspecified atom stereocenters. The first-order valence-electron chi connectivity index (χ1n) is 29.2. The Balaban J connectivity index is 0.973. The van der Waals surface area contributed by atoms with Crippen molar-refractivity contribution in [3.63, 3.8) is 0 Å². The van der Waals surface area contributed by atoms with Crippen molar-refractivity contribution in [3.05, 3.63) is 136 Å². The fourth-order valence-corrected chi connectivity index (χ4v) is 11.8. The maximum atomic E-state index is 15.0. The molecule has 0 saturated carbocycles. The summed E-state index contributed by atoms with van der Waals surface area (Å²) in [6, 6.07) is 21.7. The molecule has 4 aromatic carbocycles. The summed E-state index contributed by atoms with van der Waals surface area (Å²) in [6.45, 7) is 17.2. The fraction of sp³-hybridized carbons (Fsp3) is 0.500. The molecule has 0 bridgehead atoms. The lowest BCUT2D eigenvalue weighted by Gasteiger charge is -2.42. The van der Waals surface area contributed by atoms with Gasteiger partial charge in [0.2, 0.25) is 35.4 Å². The quantitative estimate of drug-likeness (QED) is 0.0619. The summed E-state index contributed by atoms with van der Waals surface area (Å²) in [7, 11) is 1.66. The van der Waals surface area contributed by atoms with Gasteiger partial charge in [0.05, 0.1) is 24.2 Å². The minimum absolute atomic E-state index is 0.0221. The van der Waals surface area contributed by atoms with Gasteiger partial charge in [-0.3, -0.25) is 38.4 Å². The van der Waals surface area contributed by atoms with Gasteiger partial charge >= 0.3 is 0 Å². The standard InChI is InChI=1S/C64H84N10O8/c1-11-66-38(3)56(76)72-53(63(4,5)6)61(81)73-35-44-32-45(31-30-43(44)33-51(73)59(79)69-49-24-16-20-39-18-12-14-22-47(39)49)67-57(77)41-26-28-42(29-27-41)58(78)68-46-34-52(60(80)70-50-25-17-21-40-19-13-15-23-48(40)50)74(36-46)62(82)54(64(7,8)9)71-55(75)37(2)65-10/h12-15,18-19,22-23,26-32,37-38,46,49-54,65-66H,11,16-17,20-21,24-25,33-36H2,1-10H3,(H,67,77)(H,68,78)(H,69,79)(H,70,80)(H,71,75)(H,72,76)/t37-,38-,46-,49+,50+,51-,52-,53+,54+/m0/s1. The highest BCUT2D eigenvalue weighted by Crippen LogP contribution is 2.35. The molecule has 4 aromatic rings. The second-order valence-electron chi connectivity index (χ2n) is 24.8. The van der Waals surface area contributed by atoms with E-state index in [1.54, 1.807) is 50.1 Å². The van der Waals surface area contributed by atoms with E-state index in [1.165, 1.54) is 28.2 Å². The molecule has 1 fully saturated rings. The van der Waals surface area contributed by atoms with Crippen LogP contribution in [0.5, 0.6) is 0 Å². The number of carbonyl (C=O) groups excluding carboxylic acids is 8. The van der Waals surface area contributed by atoms with Gasteiger partial charge in [-0.2, -0.15) is 0 Å². The van der Waals surface area contributed by atoms with E-state index in [-0.39, 0.29) is 72.8 Å². The topological polar surface area (TPSA) is 239 Å². The second-order valence-corrected chi connectivity index (χ2v) is 24.8. The van der Waals surface area contributed by atoms with E-state index < -0.39 is 76.8 Å². The number of aryl methyl sites for hydroxylation is 2. The van der Waals surface area contributed by atoms with Crippen molar-refractivity contribution in [3.8, 4) is 0 Å². The summed E-state index contributed by atoms with van der Waals surface area (Å²) in [4.78, 5) is 116. The molecule has 2 aliphatic carbocycles. The normalized spacial score (nSPS) is 21.0. The molecule has 8 rings (SSSR count). The van der Waals surface area contributed by atoms with E-state index in [0.717, 1.165) is 60.8 Å². The molecule has 0 spiro atoms. The van der Waals surface area contributed by atoms with Crippen LogP contribution >= 0.6 is 0 Å². The van der Waals surface area contributed by atoms with Gasteiger partial charge in [0.15, 0.2) is 0 Å². The molecule has 18 heteroatoms. The van der Waals surface area contributed by atoms with E-state index in [4.69, 9.17) is 0 Å². The molecule has 2 aliphatic heterocycles. The van der Waals surface area contributed by atoms with Crippen molar-refractivity contribution >= 4 is 52.9 Å². The Morgan fingerprint density at radius 2 is 1.10 bits per heavy atom. The number of carbonyl (C=O) groups is 8. The van der Waals surface area contributed by atoms with E-state index in [0.29, 0.717) is 12.2 Å². The van der Waals surface area contributed by atoms with Gasteiger partial charge in [-0.05, 0) is 153 Å². The molecule has 2 heterocycles. The van der Waals surface area contributed by atoms with Crippen LogP contribution in [0.25, 0.3) is 0 Å². The van der Waals surface area contributed by atoms with Gasteiger partial charge in [0.25, 0.3) is 11.8 Å². The summed E-state index contributed by atoms with van der Waals surface area (Å²) >= 11 is 0. The minimum Gasteiger partial charge on any atom is -0.347 e. The van der Waals surface area contributed by atoms with Crippen molar-refractivity contribution in [2.75, 3.05) is 25.5 Å². The van der Waals surface area contributed by atoms with E-state index in [2.05, 4.69) is 54.7 Å². The van der Waals surface area contributed by atoms with Crippen LogP contribution < -0.4 is 42.5 Å². The minimum atomic E-state index is -0.977. The van der Waals surface area contributed by atoms with Crippen LogP contribution in [0.2, 0.25) is 0 Å². The molecule has 438 valence electrons. The number of nitrogens with one attached hydrogen (secondary N) is 8. The number of hydrogen-bond acceptors (Lipinski definition) is 10. The third kappa shape index (κ3) is 14.1. The Morgan fingerprint density at radius 3 is 1.63 bits per heavy atom. The smallest absolute Gasteiger partial charge is 0.255 e. The number of likely N-dealkylation sites (tertiary alicyclic amines) is 1. The molecule has 0 radical (unpaired) electrons. The van der Waals surface area contributed by atoms with Crippen LogP contribution in [-0.2, 0) is 54.6 Å². The van der Waals surface area contributed by atoms with Crippen LogP contribution in [-0.4, -0.2) is 119 Å². The molecule has 8 amide bonds. The maximum Gasteiger partial charge on any atom is 0.255 e. The Labute approximate surface area is 482 Å². The number of fused-ring (bicyclic) bond motifs is 3. The van der Waals surface area contributed by atoms with Crippen molar-refractivity contribution in [2.45, 2.75) is 175 Å². The first-order chi connectivity index (χ1) is 38.9. The Morgan fingerprint density at radius 1 is 0.585 bits per heavy atom. The number of anilines is 1. The predicted octanol–water partition coefficient (Wildman–Crippen LogP) is 5.95. The molecular formula is C64H84N10O8. The van der Waals surface area contributed by atoms with Crippen molar-refractivity contribution in [1.29, 1.82) is 0 Å². The van der Waals surface area contributed by atoms with Gasteiger partial charge in [-0.25, -0.2) is 0 Å². The molecule has 1 saturated heterocycles. The summed E-state index contributed by atoms with van der Waals surface area (Å²) in [5.41, 5.74) is 5.59. The third-order valence-electron chi connectivity index (χ3n) is 16.7. The van der Waals surface area contributed by atoms with Gasteiger partial charge in [-0.1, -0.05) is 103 Å². The number of hydrogen-bond donors (Lipinski definition) is 8. The third-order valence-corrected chi connectivity index (χ3v) is 16.7. The van der Waals surface area contributed by atoms with Crippen molar-refractivity contribution < 1.29 is 38.4 Å². The number of rotatable bonds is 17. The van der Waals surface area contributed by atoms with E-state index >= 15 is 0 Å². The zero-order valence-electron chi connectivity index (χ0n) is 49.3. The summed E-state index contributed by atoms with van der Waals surface area (Å²) in [5.74, 6) is -3.04. The number of likely N-dealkylation sites (N-methyl/N-ethyl adjacent to an activating group) is 2. The largest absolute Gasteiger partial charge is 0.347 e. The van der Waals surface area contributed by atoms with Gasteiger partial charge in [0, 0.05) is 42.4 Å². The zero-order valence-corrected chi connectivity index (χ0v) is 49.3. The van der Waals surface area contributed by atoms with Gasteiger partial charge in [-0.15, -0.1) is 0 Å². The molecule has 18 nitrogen and oxygen atoms in total. The molecule has 8 N–H and O–H groups in total. The van der Waals surface area contributed by atoms with Gasteiger partial charge in [0.1, 0.15) is 24.2 Å². The number of benzene rings is 4. The Bertz CT molecular complexity index is 3040. The lowest BCUT2D eigenvalue weighted by Crippen LogP contribution is -2.62. The van der Waals surface area contributed by atoms with Gasteiger partial charge < -0.3 is 52.3 Å². The summed E-state index contributed by atoms with van der Waals surface area (Å²) < 4.78 is 0. The second kappa shape index (κ2) is 25.8. The fourth-order valence-electron chi connectivity index (χ4n) is 11.8. The average Bonchev–Trinajstić information content (AvgIpc) is 4.00. The molecule has 9 atom stereocenters. The van der Waals surface area contributed by atoms with Crippen LogP contribution in [0.3, 0.4) is 0 Å². The monoisotopic (exact) mass is 1120 g/mol. The Kier molecular flexibility index (Phi) is 19.1. The zero-order chi connectivity index (χ0) is 59.2. The molecule has 4 aliphatic rings. The lowest BCUT2D eigenvalue weighted by atomic mass is 9.83. The number of amides is 8. The number of nitrogens with zero attached hydrogens (tertiary/aromatic N) is 2. The van der Waals surface area contributed by atoms with Crippen LogP contribution in [0, 0.1) is 10.8 Å². The first-order valence-corrected chi connectivity index (χ1v) is 29.2. The SMILES string of the molecule is CCN[C@@H](C)C(=O)N[C@H](C(=O)N1Cc2cc(NC(=O)c3ccc(C(=O)N[C@H]4C[C@@H](C(=O)N[C@@H]5CCCc6ccccc65)N(C(=O)[C@@H](NC(=O)[C@H](C)NC)C(C)(C)C)C4)cc3)ccc2C[C@H]1C(=O)N[C@@H]1CCCc2ccccc21)C(C)(C)C. The highest BCUT2D eigenvalue weighted by molar-refractivity contribution is 6.05. The van der Waals surface area contributed by atoms with Crippen molar-refractivity contribution in [1.82, 2.24) is 47.0 Å². The van der Waals surface area contributed by atoms with Crippen LogP contribution in [0.1, 0.15) is 161 Å². The van der Waals surface area contributed by atoms with E-state index in [9.17, 15) is 38.4 Å². The van der Waals surface area contributed by atoms with Crippen molar-refractivity contribution in [2.24, 2.45) is 10.8 Å². The predicted molar refractivity (Wildman–Crippen MR) is 315 cm³/mol. The summed E-state index contributed by atoms with van der Waals surface area (Å²) in [5, 5.41) is 24.5. The summed E-state index contributed by atoms with van der Waals surface area (Å²) in [6.07, 6.45) is 5.50.